The van der Waals surface area contributed by atoms with Crippen molar-refractivity contribution in [2.45, 2.75) is 32.4 Å². The Bertz CT molecular complexity index is 482. The van der Waals surface area contributed by atoms with E-state index in [1.165, 1.54) is 0 Å². The number of anilines is 1. The monoisotopic (exact) mass is 320 g/mol. The van der Waals surface area contributed by atoms with Crippen LogP contribution in [0.1, 0.15) is 20.3 Å². The maximum Gasteiger partial charge on any atom is 0.244 e. The number of hydrogen-bond donors (Lipinski definition) is 1. The zero-order chi connectivity index (χ0) is 14.2. The topological polar surface area (TPSA) is 32.3 Å². The number of nitrogens with one attached hydrogen (secondary N) is 1. The number of carbonyl (C=O) groups is 1. The minimum Gasteiger partial charge on any atom is -0.308 e. The van der Waals surface area contributed by atoms with Gasteiger partial charge in [0.05, 0.1) is 21.8 Å². The molecule has 0 radical (unpaired) electrons. The molecule has 104 valence electrons. The first-order valence-corrected chi connectivity index (χ1v) is 7.25. The predicted molar refractivity (Wildman–Crippen MR) is 80.5 cm³/mol. The second-order valence-corrected chi connectivity index (χ2v) is 6.12. The number of rotatable bonds is 3. The van der Waals surface area contributed by atoms with Gasteiger partial charge in [-0.3, -0.25) is 4.79 Å². The largest absolute Gasteiger partial charge is 0.308 e. The standard InChI is InChI=1S/C13H15Cl3N2O/c1-7(2)17-11-3-4-18(13(11)19)12-9(15)5-8(14)6-10(12)16/h5-7,11,17H,3-4H2,1-2H3. The molecule has 0 spiro atoms. The van der Waals surface area contributed by atoms with Crippen LogP contribution < -0.4 is 10.2 Å². The maximum atomic E-state index is 12.3. The van der Waals surface area contributed by atoms with Crippen LogP contribution in [0.4, 0.5) is 5.69 Å². The van der Waals surface area contributed by atoms with Gasteiger partial charge < -0.3 is 10.2 Å². The van der Waals surface area contributed by atoms with Crippen LogP contribution in [0.15, 0.2) is 12.1 Å². The summed E-state index contributed by atoms with van der Waals surface area (Å²) in [6.07, 6.45) is 0.742. The van der Waals surface area contributed by atoms with Gasteiger partial charge in [-0.15, -0.1) is 0 Å². The van der Waals surface area contributed by atoms with Crippen molar-refractivity contribution >= 4 is 46.4 Å². The van der Waals surface area contributed by atoms with E-state index in [1.54, 1.807) is 17.0 Å². The minimum atomic E-state index is -0.178. The number of halogens is 3. The molecule has 0 aliphatic carbocycles. The summed E-state index contributed by atoms with van der Waals surface area (Å²) in [6.45, 7) is 4.63. The molecule has 6 heteroatoms. The molecular weight excluding hydrogens is 307 g/mol. The van der Waals surface area contributed by atoms with Gasteiger partial charge in [-0.25, -0.2) is 0 Å². The molecule has 1 aliphatic rings. The number of nitrogens with zero attached hydrogens (tertiary/aromatic N) is 1. The van der Waals surface area contributed by atoms with E-state index in [4.69, 9.17) is 34.8 Å². The molecule has 1 heterocycles. The van der Waals surface area contributed by atoms with Crippen molar-refractivity contribution in [3.05, 3.63) is 27.2 Å². The van der Waals surface area contributed by atoms with Crippen molar-refractivity contribution in [2.24, 2.45) is 0 Å². The van der Waals surface area contributed by atoms with Gasteiger partial charge in [0.2, 0.25) is 5.91 Å². The van der Waals surface area contributed by atoms with E-state index in [-0.39, 0.29) is 18.0 Å². The fraction of sp³-hybridized carbons (Fsp3) is 0.462. The minimum absolute atomic E-state index is 0.000164. The molecule has 19 heavy (non-hydrogen) atoms. The molecule has 0 bridgehead atoms. The summed E-state index contributed by atoms with van der Waals surface area (Å²) in [4.78, 5) is 14.0. The van der Waals surface area contributed by atoms with Crippen LogP contribution in [-0.2, 0) is 4.79 Å². The van der Waals surface area contributed by atoms with Crippen LogP contribution in [0, 0.1) is 0 Å². The Morgan fingerprint density at radius 2 is 1.84 bits per heavy atom. The average Bonchev–Trinajstić information content (AvgIpc) is 2.60. The van der Waals surface area contributed by atoms with E-state index in [1.807, 2.05) is 13.8 Å². The summed E-state index contributed by atoms with van der Waals surface area (Å²) in [6, 6.07) is 3.27. The van der Waals surface area contributed by atoms with E-state index >= 15 is 0 Å². The molecule has 1 amide bonds. The molecule has 0 saturated carbocycles. The Hall–Kier alpha value is -0.480. The van der Waals surface area contributed by atoms with Gasteiger partial charge in [-0.2, -0.15) is 0 Å². The lowest BCUT2D eigenvalue weighted by molar-refractivity contribution is -0.118. The summed E-state index contributed by atoms with van der Waals surface area (Å²) in [7, 11) is 0. The Morgan fingerprint density at radius 3 is 2.37 bits per heavy atom. The first kappa shape index (κ1) is 14.9. The van der Waals surface area contributed by atoms with Crippen LogP contribution in [0.5, 0.6) is 0 Å². The summed E-state index contributed by atoms with van der Waals surface area (Å²) >= 11 is 18.2. The fourth-order valence-electron chi connectivity index (χ4n) is 2.25. The van der Waals surface area contributed by atoms with Gasteiger partial charge >= 0.3 is 0 Å². The Kier molecular flexibility index (Phi) is 4.62. The highest BCUT2D eigenvalue weighted by Gasteiger charge is 2.34. The van der Waals surface area contributed by atoms with Crippen LogP contribution >= 0.6 is 34.8 Å². The molecule has 1 aliphatic heterocycles. The van der Waals surface area contributed by atoms with E-state index in [0.717, 1.165) is 6.42 Å². The lowest BCUT2D eigenvalue weighted by Gasteiger charge is -2.21. The van der Waals surface area contributed by atoms with Crippen LogP contribution in [0.25, 0.3) is 0 Å². The second-order valence-electron chi connectivity index (χ2n) is 4.87. The van der Waals surface area contributed by atoms with E-state index in [9.17, 15) is 4.79 Å². The SMILES string of the molecule is CC(C)NC1CCN(c2c(Cl)cc(Cl)cc2Cl)C1=O. The van der Waals surface area contributed by atoms with Crippen molar-refractivity contribution in [3.8, 4) is 0 Å². The van der Waals surface area contributed by atoms with E-state index in [2.05, 4.69) is 5.32 Å². The van der Waals surface area contributed by atoms with Gasteiger partial charge in [-0.05, 0) is 18.6 Å². The van der Waals surface area contributed by atoms with Gasteiger partial charge in [0.1, 0.15) is 0 Å². The molecule has 2 rings (SSSR count). The third-order valence-corrected chi connectivity index (χ3v) is 3.79. The molecule has 1 aromatic rings. The number of amides is 1. The lowest BCUT2D eigenvalue weighted by Crippen LogP contribution is -2.41. The van der Waals surface area contributed by atoms with Gasteiger partial charge in [0.25, 0.3) is 0 Å². The number of benzene rings is 1. The maximum absolute atomic E-state index is 12.3. The summed E-state index contributed by atoms with van der Waals surface area (Å²) in [5, 5.41) is 4.50. The average molecular weight is 322 g/mol. The lowest BCUT2D eigenvalue weighted by atomic mass is 10.2. The highest BCUT2D eigenvalue weighted by molar-refractivity contribution is 6.42. The molecule has 1 saturated heterocycles. The Morgan fingerprint density at radius 1 is 1.26 bits per heavy atom. The van der Waals surface area contributed by atoms with Crippen molar-refractivity contribution < 1.29 is 4.79 Å². The van der Waals surface area contributed by atoms with Gasteiger partial charge in [-0.1, -0.05) is 48.7 Å². The van der Waals surface area contributed by atoms with E-state index < -0.39 is 0 Å². The normalized spacial score (nSPS) is 19.6. The summed E-state index contributed by atoms with van der Waals surface area (Å²) in [5.74, 6) is -0.000164. The Balaban J connectivity index is 2.27. The first-order valence-electron chi connectivity index (χ1n) is 6.12. The third-order valence-electron chi connectivity index (χ3n) is 2.99. The van der Waals surface area contributed by atoms with Crippen LogP contribution in [0.3, 0.4) is 0 Å². The number of carbonyl (C=O) groups excluding carboxylic acids is 1. The van der Waals surface area contributed by atoms with Crippen molar-refractivity contribution in [1.82, 2.24) is 5.32 Å². The highest BCUT2D eigenvalue weighted by atomic mass is 35.5. The molecule has 1 atom stereocenters. The first-order chi connectivity index (χ1) is 8.90. The summed E-state index contributed by atoms with van der Waals surface area (Å²) < 4.78 is 0. The molecule has 0 aromatic heterocycles. The molecule has 3 nitrogen and oxygen atoms in total. The van der Waals surface area contributed by atoms with E-state index in [0.29, 0.717) is 27.3 Å². The third kappa shape index (κ3) is 3.16. The van der Waals surface area contributed by atoms with Gasteiger partial charge in [0, 0.05) is 17.6 Å². The van der Waals surface area contributed by atoms with Crippen LogP contribution in [0.2, 0.25) is 15.1 Å². The van der Waals surface area contributed by atoms with Crippen molar-refractivity contribution in [2.75, 3.05) is 11.4 Å². The smallest absolute Gasteiger partial charge is 0.244 e. The molecule has 1 fully saturated rings. The van der Waals surface area contributed by atoms with Crippen molar-refractivity contribution in [1.29, 1.82) is 0 Å². The molecular formula is C13H15Cl3N2O. The molecule has 1 N–H and O–H groups in total. The quantitative estimate of drug-likeness (QED) is 0.919. The highest BCUT2D eigenvalue weighted by Crippen LogP contribution is 2.38. The van der Waals surface area contributed by atoms with Crippen LogP contribution in [-0.4, -0.2) is 24.5 Å². The van der Waals surface area contributed by atoms with Gasteiger partial charge in [0.15, 0.2) is 0 Å². The predicted octanol–water partition coefficient (Wildman–Crippen LogP) is 3.75. The second kappa shape index (κ2) is 5.88. The number of hydrogen-bond acceptors (Lipinski definition) is 2. The zero-order valence-electron chi connectivity index (χ0n) is 10.7. The molecule has 1 aromatic carbocycles. The molecule has 1 unspecified atom stereocenters. The van der Waals surface area contributed by atoms with Crippen molar-refractivity contribution in [3.63, 3.8) is 0 Å². The fourth-order valence-corrected chi connectivity index (χ4v) is 3.27. The Labute approximate surface area is 127 Å². The summed E-state index contributed by atoms with van der Waals surface area (Å²) in [5.41, 5.74) is 0.547. The zero-order valence-corrected chi connectivity index (χ0v) is 13.0.